The number of rotatable bonds is 1. The van der Waals surface area contributed by atoms with Crippen LogP contribution in [-0.4, -0.2) is 22.9 Å². The van der Waals surface area contributed by atoms with Crippen molar-refractivity contribution in [1.29, 1.82) is 0 Å². The van der Waals surface area contributed by atoms with Crippen LogP contribution < -0.4 is 11.0 Å². The van der Waals surface area contributed by atoms with Gasteiger partial charge in [0.1, 0.15) is 0 Å². The first-order valence-electron chi connectivity index (χ1n) is 7.17. The van der Waals surface area contributed by atoms with Crippen LogP contribution >= 0.6 is 0 Å². The Morgan fingerprint density at radius 2 is 1.67 bits per heavy atom. The summed E-state index contributed by atoms with van der Waals surface area (Å²) in [5.74, 6) is 0. The molecule has 1 aromatic heterocycles. The van der Waals surface area contributed by atoms with E-state index in [0.29, 0.717) is 5.39 Å². The number of pyridine rings is 1. The Labute approximate surface area is 124 Å². The van der Waals surface area contributed by atoms with Crippen LogP contribution in [0.5, 0.6) is 0 Å². The second-order valence-corrected chi connectivity index (χ2v) is 6.63. The van der Waals surface area contributed by atoms with Gasteiger partial charge in [0.05, 0.1) is 11.2 Å². The lowest BCUT2D eigenvalue weighted by Crippen LogP contribution is -2.41. The van der Waals surface area contributed by atoms with Crippen molar-refractivity contribution in [1.82, 2.24) is 4.57 Å². The highest BCUT2D eigenvalue weighted by Crippen LogP contribution is 2.36. The third-order valence-electron chi connectivity index (χ3n) is 4.65. The normalized spacial score (nSPS) is 20.1. The fourth-order valence-corrected chi connectivity index (χ4v) is 2.58. The van der Waals surface area contributed by atoms with Crippen molar-refractivity contribution in [3.8, 4) is 0 Å². The largest absolute Gasteiger partial charge is 0.495 e. The van der Waals surface area contributed by atoms with Crippen LogP contribution in [0.1, 0.15) is 27.7 Å². The Balaban J connectivity index is 2.19. The van der Waals surface area contributed by atoms with E-state index in [9.17, 15) is 4.79 Å². The summed E-state index contributed by atoms with van der Waals surface area (Å²) >= 11 is 0. The molecule has 0 N–H and O–H groups in total. The van der Waals surface area contributed by atoms with Crippen LogP contribution in [0, 0.1) is 0 Å². The molecule has 3 rings (SSSR count). The second-order valence-electron chi connectivity index (χ2n) is 6.63. The van der Waals surface area contributed by atoms with E-state index in [1.165, 1.54) is 0 Å². The van der Waals surface area contributed by atoms with Crippen LogP contribution in [0.4, 0.5) is 0 Å². The first-order chi connectivity index (χ1) is 9.73. The van der Waals surface area contributed by atoms with Crippen molar-refractivity contribution in [3.63, 3.8) is 0 Å². The molecule has 1 saturated heterocycles. The number of hydrogen-bond donors (Lipinski definition) is 0. The summed E-state index contributed by atoms with van der Waals surface area (Å²) in [6.07, 6.45) is 1.78. The minimum atomic E-state index is -0.520. The average molecular weight is 285 g/mol. The van der Waals surface area contributed by atoms with Crippen molar-refractivity contribution in [3.05, 3.63) is 40.8 Å². The molecule has 0 saturated carbocycles. The molecule has 21 heavy (non-hydrogen) atoms. The number of nitrogens with zero attached hydrogens (tertiary/aromatic N) is 1. The molecule has 1 aliphatic rings. The molecule has 1 fully saturated rings. The van der Waals surface area contributed by atoms with E-state index in [2.05, 4.69) is 0 Å². The maximum atomic E-state index is 12.5. The van der Waals surface area contributed by atoms with E-state index in [1.807, 2.05) is 52.0 Å². The molecule has 110 valence electrons. The molecule has 0 aliphatic carbocycles. The first kappa shape index (κ1) is 14.4. The topological polar surface area (TPSA) is 40.5 Å². The summed E-state index contributed by atoms with van der Waals surface area (Å²) < 4.78 is 13.7. The fraction of sp³-hybridized carbons (Fsp3) is 0.438. The van der Waals surface area contributed by atoms with E-state index >= 15 is 0 Å². The molecule has 2 heterocycles. The summed E-state index contributed by atoms with van der Waals surface area (Å²) in [7, 11) is 1.23. The van der Waals surface area contributed by atoms with Crippen LogP contribution in [0.3, 0.4) is 0 Å². The lowest BCUT2D eigenvalue weighted by atomic mass is 9.76. The molecule has 0 amide bonds. The molecule has 0 bridgehead atoms. The van der Waals surface area contributed by atoms with Crippen LogP contribution in [0.2, 0.25) is 0 Å². The molecule has 0 atom stereocenters. The maximum absolute atomic E-state index is 12.5. The zero-order valence-corrected chi connectivity index (χ0v) is 13.1. The molecule has 2 aromatic rings. The van der Waals surface area contributed by atoms with Gasteiger partial charge in [-0.15, -0.1) is 0 Å². The molecular formula is C16H20BNO3. The molecule has 1 aliphatic heterocycles. The van der Waals surface area contributed by atoms with Gasteiger partial charge in [-0.25, -0.2) is 0 Å². The highest BCUT2D eigenvalue weighted by molar-refractivity contribution is 6.65. The van der Waals surface area contributed by atoms with Crippen LogP contribution in [-0.2, 0) is 16.4 Å². The molecule has 4 nitrogen and oxygen atoms in total. The minimum absolute atomic E-state index is 0.0298. The number of aryl methyl sites for hydroxylation is 1. The maximum Gasteiger partial charge on any atom is 0.495 e. The number of fused-ring (bicyclic) bond motifs is 1. The number of hydrogen-bond acceptors (Lipinski definition) is 3. The Morgan fingerprint density at radius 1 is 1.05 bits per heavy atom. The molecule has 0 unspecified atom stereocenters. The van der Waals surface area contributed by atoms with Gasteiger partial charge in [0.2, 0.25) is 0 Å². The summed E-state index contributed by atoms with van der Waals surface area (Å²) in [5.41, 5.74) is -0.0650. The lowest BCUT2D eigenvalue weighted by Gasteiger charge is -2.32. The van der Waals surface area contributed by atoms with Crippen molar-refractivity contribution < 1.29 is 9.31 Å². The highest BCUT2D eigenvalue weighted by Gasteiger charge is 2.52. The van der Waals surface area contributed by atoms with E-state index in [-0.39, 0.29) is 5.56 Å². The van der Waals surface area contributed by atoms with Crippen LogP contribution in [0.15, 0.2) is 35.3 Å². The minimum Gasteiger partial charge on any atom is -0.399 e. The van der Waals surface area contributed by atoms with E-state index in [0.717, 1.165) is 10.8 Å². The Hall–Kier alpha value is -1.59. The predicted octanol–water partition coefficient (Wildman–Crippen LogP) is 1.84. The quantitative estimate of drug-likeness (QED) is 0.751. The van der Waals surface area contributed by atoms with Gasteiger partial charge in [-0.3, -0.25) is 4.79 Å². The van der Waals surface area contributed by atoms with Crippen molar-refractivity contribution >= 4 is 23.4 Å². The third kappa shape index (κ3) is 2.12. The Morgan fingerprint density at radius 3 is 2.29 bits per heavy atom. The van der Waals surface area contributed by atoms with E-state index in [4.69, 9.17) is 9.31 Å². The number of aromatic nitrogens is 1. The van der Waals surface area contributed by atoms with Gasteiger partial charge in [0.25, 0.3) is 5.56 Å². The highest BCUT2D eigenvalue weighted by atomic mass is 16.7. The van der Waals surface area contributed by atoms with Crippen molar-refractivity contribution in [2.45, 2.75) is 38.9 Å². The number of benzene rings is 1. The van der Waals surface area contributed by atoms with Gasteiger partial charge in [0.15, 0.2) is 0 Å². The third-order valence-corrected chi connectivity index (χ3v) is 4.65. The Kier molecular flexibility index (Phi) is 3.04. The smallest absolute Gasteiger partial charge is 0.399 e. The fourth-order valence-electron chi connectivity index (χ4n) is 2.58. The molecule has 5 heteroatoms. The van der Waals surface area contributed by atoms with Crippen molar-refractivity contribution in [2.75, 3.05) is 0 Å². The molecule has 0 radical (unpaired) electrons. The Bertz CT molecular complexity index is 748. The molecular weight excluding hydrogens is 265 g/mol. The lowest BCUT2D eigenvalue weighted by molar-refractivity contribution is 0.00578. The summed E-state index contributed by atoms with van der Waals surface area (Å²) in [6.45, 7) is 8.04. The zero-order chi connectivity index (χ0) is 15.4. The molecule has 0 spiro atoms. The summed E-state index contributed by atoms with van der Waals surface area (Å²) in [6, 6.07) is 7.71. The average Bonchev–Trinajstić information content (AvgIpc) is 2.62. The van der Waals surface area contributed by atoms with Crippen molar-refractivity contribution in [2.24, 2.45) is 7.05 Å². The first-order valence-corrected chi connectivity index (χ1v) is 7.17. The van der Waals surface area contributed by atoms with E-state index in [1.54, 1.807) is 17.8 Å². The van der Waals surface area contributed by atoms with Gasteiger partial charge >= 0.3 is 7.12 Å². The summed E-state index contributed by atoms with van der Waals surface area (Å²) in [4.78, 5) is 12.5. The van der Waals surface area contributed by atoms with E-state index < -0.39 is 18.3 Å². The summed E-state index contributed by atoms with van der Waals surface area (Å²) in [5, 5.41) is 1.58. The monoisotopic (exact) mass is 285 g/mol. The van der Waals surface area contributed by atoms with Gasteiger partial charge < -0.3 is 13.9 Å². The second kappa shape index (κ2) is 4.45. The molecule has 1 aromatic carbocycles. The predicted molar refractivity (Wildman–Crippen MR) is 84.9 cm³/mol. The standard InChI is InChI=1S/C16H20BNO3/c1-15(2)16(3,4)21-17(20-15)12-8-6-7-11-9-10-18(5)14(19)13(11)12/h6-10H,1-5H3. The van der Waals surface area contributed by atoms with Gasteiger partial charge in [-0.05, 0) is 44.6 Å². The van der Waals surface area contributed by atoms with Gasteiger partial charge in [0, 0.05) is 18.6 Å². The van der Waals surface area contributed by atoms with Gasteiger partial charge in [-0.1, -0.05) is 18.2 Å². The zero-order valence-electron chi connectivity index (χ0n) is 13.1. The van der Waals surface area contributed by atoms with Crippen LogP contribution in [0.25, 0.3) is 10.8 Å². The van der Waals surface area contributed by atoms with Gasteiger partial charge in [-0.2, -0.15) is 0 Å². The SMILES string of the molecule is Cn1ccc2cccc(B3OC(C)(C)C(C)(C)O3)c2c1=O.